The van der Waals surface area contributed by atoms with Crippen LogP contribution in [0.1, 0.15) is 29.1 Å². The number of urea groups is 1. The minimum atomic E-state index is 0.0609. The van der Waals surface area contributed by atoms with Gasteiger partial charge in [-0.2, -0.15) is 0 Å². The maximum absolute atomic E-state index is 11.8. The number of carbonyl (C=O) groups is 1. The Morgan fingerprint density at radius 1 is 1.50 bits per heavy atom. The number of carbonyl (C=O) groups excluding carboxylic acids is 1. The minimum Gasteiger partial charge on any atom is -0.333 e. The van der Waals surface area contributed by atoms with Gasteiger partial charge in [-0.1, -0.05) is 0 Å². The maximum Gasteiger partial charge on any atom is 0.317 e. The molecule has 0 aromatic carbocycles. The Hall–Kier alpha value is -1.10. The summed E-state index contributed by atoms with van der Waals surface area (Å²) in [6, 6.07) is 0.0609. The number of hydrogen-bond donors (Lipinski definition) is 1. The van der Waals surface area contributed by atoms with Crippen molar-refractivity contribution in [2.45, 2.75) is 32.7 Å². The first-order valence-electron chi connectivity index (χ1n) is 5.70. The lowest BCUT2D eigenvalue weighted by Crippen LogP contribution is -2.42. The minimum absolute atomic E-state index is 0.0609. The van der Waals surface area contributed by atoms with Crippen LogP contribution in [0.25, 0.3) is 0 Å². The van der Waals surface area contributed by atoms with Crippen LogP contribution in [-0.2, 0) is 6.54 Å². The fraction of sp³-hybridized carbons (Fsp3) is 0.636. The van der Waals surface area contributed by atoms with E-state index >= 15 is 0 Å². The van der Waals surface area contributed by atoms with Gasteiger partial charge in [-0.25, -0.2) is 9.78 Å². The molecule has 2 heterocycles. The number of rotatable bonds is 2. The summed E-state index contributed by atoms with van der Waals surface area (Å²) in [6.07, 6.45) is 5.34. The van der Waals surface area contributed by atoms with Gasteiger partial charge in [0.25, 0.3) is 0 Å². The van der Waals surface area contributed by atoms with Crippen molar-refractivity contribution in [1.82, 2.24) is 15.2 Å². The highest BCUT2D eigenvalue weighted by molar-refractivity contribution is 7.11. The van der Waals surface area contributed by atoms with Crippen molar-refractivity contribution in [3.8, 4) is 0 Å². The normalized spacial score (nSPS) is 16.2. The third-order valence-electron chi connectivity index (χ3n) is 2.73. The summed E-state index contributed by atoms with van der Waals surface area (Å²) in [5.74, 6) is 0. The first-order chi connectivity index (χ1) is 7.75. The number of aromatic nitrogens is 1. The van der Waals surface area contributed by atoms with E-state index in [0.717, 1.165) is 35.8 Å². The lowest BCUT2D eigenvalue weighted by Gasteiger charge is -2.26. The maximum atomic E-state index is 11.8. The molecule has 1 N–H and O–H groups in total. The van der Waals surface area contributed by atoms with Gasteiger partial charge in [0.2, 0.25) is 0 Å². The molecule has 1 aromatic heterocycles. The molecule has 1 aliphatic rings. The summed E-state index contributed by atoms with van der Waals surface area (Å²) in [5, 5.41) is 3.98. The predicted octanol–water partition coefficient (Wildman–Crippen LogP) is 2.15. The van der Waals surface area contributed by atoms with E-state index in [9.17, 15) is 4.79 Å². The standard InChI is InChI=1S/C11H17N3OS/c1-9-12-7-10(16-9)8-13-11(15)14-5-3-2-4-6-14/h7H,2-6,8H2,1H3,(H,13,15). The number of aryl methyl sites for hydroxylation is 1. The van der Waals surface area contributed by atoms with Crippen LogP contribution in [0.3, 0.4) is 0 Å². The van der Waals surface area contributed by atoms with Crippen molar-refractivity contribution in [2.75, 3.05) is 13.1 Å². The molecule has 0 saturated carbocycles. The Kier molecular flexibility index (Phi) is 3.77. The number of piperidine rings is 1. The van der Waals surface area contributed by atoms with Crippen molar-refractivity contribution in [3.63, 3.8) is 0 Å². The van der Waals surface area contributed by atoms with Gasteiger partial charge in [-0.05, 0) is 26.2 Å². The molecule has 1 aromatic rings. The van der Waals surface area contributed by atoms with Gasteiger partial charge in [0.15, 0.2) is 0 Å². The zero-order valence-corrected chi connectivity index (χ0v) is 10.3. The largest absolute Gasteiger partial charge is 0.333 e. The molecule has 16 heavy (non-hydrogen) atoms. The van der Waals surface area contributed by atoms with Crippen LogP contribution in [0.2, 0.25) is 0 Å². The lowest BCUT2D eigenvalue weighted by atomic mass is 10.1. The fourth-order valence-electron chi connectivity index (χ4n) is 1.86. The van der Waals surface area contributed by atoms with Crippen molar-refractivity contribution in [3.05, 3.63) is 16.1 Å². The van der Waals surface area contributed by atoms with E-state index in [4.69, 9.17) is 0 Å². The van der Waals surface area contributed by atoms with Crippen molar-refractivity contribution in [2.24, 2.45) is 0 Å². The van der Waals surface area contributed by atoms with Gasteiger partial charge in [0.05, 0.1) is 11.6 Å². The summed E-state index contributed by atoms with van der Waals surface area (Å²) in [5.41, 5.74) is 0. The van der Waals surface area contributed by atoms with E-state index in [1.807, 2.05) is 18.0 Å². The summed E-state index contributed by atoms with van der Waals surface area (Å²) in [6.45, 7) is 4.36. The molecule has 2 amide bonds. The highest BCUT2D eigenvalue weighted by Crippen LogP contribution is 2.12. The first kappa shape index (κ1) is 11.4. The van der Waals surface area contributed by atoms with Gasteiger partial charge < -0.3 is 10.2 Å². The van der Waals surface area contributed by atoms with E-state index in [0.29, 0.717) is 6.54 Å². The molecule has 1 aliphatic heterocycles. The SMILES string of the molecule is Cc1ncc(CNC(=O)N2CCCCC2)s1. The van der Waals surface area contributed by atoms with E-state index in [2.05, 4.69) is 10.3 Å². The van der Waals surface area contributed by atoms with Gasteiger partial charge in [-0.3, -0.25) is 0 Å². The molecule has 0 bridgehead atoms. The van der Waals surface area contributed by atoms with Crippen LogP contribution in [0.4, 0.5) is 4.79 Å². The summed E-state index contributed by atoms with van der Waals surface area (Å²) in [4.78, 5) is 19.0. The highest BCUT2D eigenvalue weighted by atomic mass is 32.1. The predicted molar refractivity (Wildman–Crippen MR) is 64.5 cm³/mol. The Labute approximate surface area is 99.7 Å². The molecule has 0 aliphatic carbocycles. The quantitative estimate of drug-likeness (QED) is 0.859. The van der Waals surface area contributed by atoms with E-state index in [1.54, 1.807) is 11.3 Å². The number of amides is 2. The van der Waals surface area contributed by atoms with Crippen molar-refractivity contribution >= 4 is 17.4 Å². The van der Waals surface area contributed by atoms with Crippen molar-refractivity contribution in [1.29, 1.82) is 0 Å². The van der Waals surface area contributed by atoms with Crippen molar-refractivity contribution < 1.29 is 4.79 Å². The van der Waals surface area contributed by atoms with Crippen LogP contribution in [-0.4, -0.2) is 29.0 Å². The average molecular weight is 239 g/mol. The number of likely N-dealkylation sites (tertiary alicyclic amines) is 1. The second-order valence-corrected chi connectivity index (χ2v) is 5.37. The average Bonchev–Trinajstić information content (AvgIpc) is 2.73. The number of nitrogens with one attached hydrogen (secondary N) is 1. The third kappa shape index (κ3) is 2.95. The molecule has 1 saturated heterocycles. The molecule has 0 radical (unpaired) electrons. The van der Waals surface area contributed by atoms with Crippen LogP contribution in [0.15, 0.2) is 6.20 Å². The lowest BCUT2D eigenvalue weighted by molar-refractivity contribution is 0.186. The molecule has 0 atom stereocenters. The Balaban J connectivity index is 1.78. The molecular weight excluding hydrogens is 222 g/mol. The molecule has 0 unspecified atom stereocenters. The van der Waals surface area contributed by atoms with E-state index in [-0.39, 0.29) is 6.03 Å². The van der Waals surface area contributed by atoms with E-state index in [1.165, 1.54) is 6.42 Å². The van der Waals surface area contributed by atoms with Gasteiger partial charge in [0.1, 0.15) is 0 Å². The highest BCUT2D eigenvalue weighted by Gasteiger charge is 2.15. The zero-order valence-electron chi connectivity index (χ0n) is 9.53. The van der Waals surface area contributed by atoms with Crippen LogP contribution in [0, 0.1) is 6.92 Å². The summed E-state index contributed by atoms with van der Waals surface area (Å²) < 4.78 is 0. The fourth-order valence-corrected chi connectivity index (χ4v) is 2.59. The van der Waals surface area contributed by atoms with Gasteiger partial charge in [-0.15, -0.1) is 11.3 Å². The Morgan fingerprint density at radius 3 is 2.88 bits per heavy atom. The Morgan fingerprint density at radius 2 is 2.25 bits per heavy atom. The topological polar surface area (TPSA) is 45.2 Å². The first-order valence-corrected chi connectivity index (χ1v) is 6.51. The molecule has 1 fully saturated rings. The number of nitrogens with zero attached hydrogens (tertiary/aromatic N) is 2. The van der Waals surface area contributed by atoms with Crippen LogP contribution >= 0.6 is 11.3 Å². The molecular formula is C11H17N3OS. The van der Waals surface area contributed by atoms with Crippen LogP contribution in [0.5, 0.6) is 0 Å². The zero-order chi connectivity index (χ0) is 11.4. The molecule has 5 heteroatoms. The van der Waals surface area contributed by atoms with Gasteiger partial charge in [0, 0.05) is 24.2 Å². The third-order valence-corrected chi connectivity index (χ3v) is 3.64. The second-order valence-electron chi connectivity index (χ2n) is 4.05. The molecule has 2 rings (SSSR count). The summed E-state index contributed by atoms with van der Waals surface area (Å²) in [7, 11) is 0. The smallest absolute Gasteiger partial charge is 0.317 e. The molecule has 0 spiro atoms. The van der Waals surface area contributed by atoms with E-state index < -0.39 is 0 Å². The summed E-state index contributed by atoms with van der Waals surface area (Å²) >= 11 is 1.63. The van der Waals surface area contributed by atoms with Crippen LogP contribution < -0.4 is 5.32 Å². The van der Waals surface area contributed by atoms with Gasteiger partial charge >= 0.3 is 6.03 Å². The molecule has 4 nitrogen and oxygen atoms in total. The Bertz CT molecular complexity index is 358. The molecule has 88 valence electrons. The monoisotopic (exact) mass is 239 g/mol. The number of hydrogen-bond acceptors (Lipinski definition) is 3. The second kappa shape index (κ2) is 5.30. The number of thiazole rings is 1.